The zero-order chi connectivity index (χ0) is 34.4. The van der Waals surface area contributed by atoms with Gasteiger partial charge in [0.2, 0.25) is 0 Å². The zero-order valence-electron chi connectivity index (χ0n) is 34.2. The van der Waals surface area contributed by atoms with Gasteiger partial charge in [0.15, 0.2) is 0 Å². The van der Waals surface area contributed by atoms with Crippen LogP contribution in [0.4, 0.5) is 0 Å². The molecule has 284 valence electrons. The molecule has 0 aliphatic carbocycles. The molecule has 1 nitrogen and oxygen atoms in total. The maximum Gasteiger partial charge on any atom is 0.0153 e. The molecule has 47 heavy (non-hydrogen) atoms. The second kappa shape index (κ2) is 38.8. The Balaban J connectivity index is 4.17. The van der Waals surface area contributed by atoms with E-state index >= 15 is 0 Å². The van der Waals surface area contributed by atoms with E-state index in [4.69, 9.17) is 0 Å². The summed E-state index contributed by atoms with van der Waals surface area (Å²) in [6.45, 7) is 14.8. The minimum absolute atomic E-state index is 0.369. The lowest BCUT2D eigenvalue weighted by molar-refractivity contribution is 0.102. The molecule has 0 aromatic heterocycles. The van der Waals surface area contributed by atoms with E-state index in [1.807, 2.05) is 0 Å². The summed E-state index contributed by atoms with van der Waals surface area (Å²) in [5, 5.41) is 0. The second-order valence-corrected chi connectivity index (χ2v) is 16.6. The Bertz CT molecular complexity index is 521. The van der Waals surface area contributed by atoms with Gasteiger partial charge in [0.25, 0.3) is 0 Å². The van der Waals surface area contributed by atoms with Crippen LogP contribution in [0.15, 0.2) is 0 Å². The highest BCUT2D eigenvalue weighted by Gasteiger charge is 2.25. The van der Waals surface area contributed by atoms with Gasteiger partial charge < -0.3 is 0 Å². The molecule has 0 saturated carbocycles. The first-order chi connectivity index (χ1) is 23.1. The number of unbranched alkanes of at least 4 members (excludes halogenated alkanes) is 34. The summed E-state index contributed by atoms with van der Waals surface area (Å²) in [5.74, 6) is 0. The highest BCUT2D eigenvalue weighted by Crippen LogP contribution is 2.25. The zero-order valence-corrected chi connectivity index (χ0v) is 34.2. The molecule has 0 fully saturated rings. The predicted octanol–water partition coefficient (Wildman–Crippen LogP) is 17.0. The molecule has 0 unspecified atom stereocenters. The van der Waals surface area contributed by atoms with Gasteiger partial charge in [-0.25, -0.2) is 0 Å². The van der Waals surface area contributed by atoms with E-state index in [1.165, 1.54) is 257 Å². The topological polar surface area (TPSA) is 3.24 Å². The molecule has 0 spiro atoms. The molecular formula is C46H95N. The molecule has 0 N–H and O–H groups in total. The van der Waals surface area contributed by atoms with Gasteiger partial charge in [-0.05, 0) is 46.2 Å². The number of nitrogens with zero attached hydrogens (tertiary/aromatic N) is 1. The summed E-state index contributed by atoms with van der Waals surface area (Å²) in [4.78, 5) is 2.93. The molecule has 0 amide bonds. The van der Waals surface area contributed by atoms with E-state index in [2.05, 4.69) is 39.5 Å². The SMILES string of the molecule is CCCCCCCCCCCCCCCCN(CCCCCCCCCCCCCCCC)C(C)(C)CCCCCCCCCCC. The van der Waals surface area contributed by atoms with Crippen molar-refractivity contribution in [3.8, 4) is 0 Å². The van der Waals surface area contributed by atoms with Crippen LogP contribution in [0.2, 0.25) is 0 Å². The van der Waals surface area contributed by atoms with Crippen molar-refractivity contribution >= 4 is 0 Å². The van der Waals surface area contributed by atoms with Gasteiger partial charge in [0, 0.05) is 5.54 Å². The molecule has 0 bridgehead atoms. The third kappa shape index (κ3) is 35.6. The summed E-state index contributed by atoms with van der Waals surface area (Å²) >= 11 is 0. The van der Waals surface area contributed by atoms with Crippen LogP contribution >= 0.6 is 0 Å². The fourth-order valence-corrected chi connectivity index (χ4v) is 7.74. The summed E-state index contributed by atoms with van der Waals surface area (Å²) in [6.07, 6.45) is 55.2. The highest BCUT2D eigenvalue weighted by atomic mass is 15.2. The van der Waals surface area contributed by atoms with Gasteiger partial charge in [-0.2, -0.15) is 0 Å². The Morgan fingerprint density at radius 3 is 0.681 bits per heavy atom. The Morgan fingerprint density at radius 2 is 0.447 bits per heavy atom. The molecule has 0 radical (unpaired) electrons. The molecule has 0 saturated heterocycles. The van der Waals surface area contributed by atoms with Gasteiger partial charge in [-0.15, -0.1) is 0 Å². The maximum atomic E-state index is 2.93. The molecule has 0 aromatic rings. The maximum absolute atomic E-state index is 2.93. The Hall–Kier alpha value is -0.0400. The Labute approximate surface area is 301 Å². The third-order valence-electron chi connectivity index (χ3n) is 11.3. The molecule has 0 rings (SSSR count). The fourth-order valence-electron chi connectivity index (χ4n) is 7.74. The van der Waals surface area contributed by atoms with Crippen molar-refractivity contribution < 1.29 is 0 Å². The van der Waals surface area contributed by atoms with Crippen LogP contribution in [0.25, 0.3) is 0 Å². The molecule has 0 aliphatic heterocycles. The van der Waals surface area contributed by atoms with Crippen LogP contribution in [-0.2, 0) is 0 Å². The fraction of sp³-hybridized carbons (Fsp3) is 1.00. The van der Waals surface area contributed by atoms with Gasteiger partial charge in [-0.3, -0.25) is 4.90 Å². The van der Waals surface area contributed by atoms with Gasteiger partial charge in [-0.1, -0.05) is 245 Å². The smallest absolute Gasteiger partial charge is 0.0153 e. The minimum Gasteiger partial charge on any atom is -0.298 e. The quantitative estimate of drug-likeness (QED) is 0.0589. The first-order valence-corrected chi connectivity index (χ1v) is 22.8. The highest BCUT2D eigenvalue weighted by molar-refractivity contribution is 4.81. The first kappa shape index (κ1) is 47.0. The van der Waals surface area contributed by atoms with E-state index in [1.54, 1.807) is 0 Å². The van der Waals surface area contributed by atoms with Gasteiger partial charge in [0.1, 0.15) is 0 Å². The number of hydrogen-bond donors (Lipinski definition) is 0. The minimum atomic E-state index is 0.369. The van der Waals surface area contributed by atoms with Gasteiger partial charge in [0.05, 0.1) is 0 Å². The average Bonchev–Trinajstić information content (AvgIpc) is 3.06. The largest absolute Gasteiger partial charge is 0.298 e. The Kier molecular flexibility index (Phi) is 38.7. The van der Waals surface area contributed by atoms with Crippen molar-refractivity contribution in [2.75, 3.05) is 13.1 Å². The summed E-state index contributed by atoms with van der Waals surface area (Å²) < 4.78 is 0. The van der Waals surface area contributed by atoms with Crippen LogP contribution < -0.4 is 0 Å². The van der Waals surface area contributed by atoms with Crippen LogP contribution in [0.5, 0.6) is 0 Å². The van der Waals surface area contributed by atoms with E-state index < -0.39 is 0 Å². The molecule has 0 heterocycles. The summed E-state index contributed by atoms with van der Waals surface area (Å²) in [7, 11) is 0. The van der Waals surface area contributed by atoms with Crippen LogP contribution in [0, 0.1) is 0 Å². The standard InChI is InChI=1S/C46H95N/c1-6-9-12-15-18-21-23-25-27-29-32-35-38-41-44-47(46(4,5)43-40-37-34-31-20-17-14-11-8-3)45-42-39-36-33-30-28-26-24-22-19-16-13-10-7-2/h6-45H2,1-5H3. The summed E-state index contributed by atoms with van der Waals surface area (Å²) in [6, 6.07) is 0. The van der Waals surface area contributed by atoms with E-state index in [9.17, 15) is 0 Å². The van der Waals surface area contributed by atoms with Crippen molar-refractivity contribution in [2.24, 2.45) is 0 Å². The Morgan fingerprint density at radius 1 is 0.255 bits per heavy atom. The number of rotatable bonds is 41. The van der Waals surface area contributed by atoms with Crippen molar-refractivity contribution in [3.63, 3.8) is 0 Å². The van der Waals surface area contributed by atoms with E-state index in [0.29, 0.717) is 5.54 Å². The monoisotopic (exact) mass is 662 g/mol. The molecule has 0 aromatic carbocycles. The molecule has 0 atom stereocenters. The van der Waals surface area contributed by atoms with Crippen molar-refractivity contribution in [1.29, 1.82) is 0 Å². The predicted molar refractivity (Wildman–Crippen MR) is 218 cm³/mol. The molecule has 0 aliphatic rings. The van der Waals surface area contributed by atoms with Crippen LogP contribution in [0.3, 0.4) is 0 Å². The third-order valence-corrected chi connectivity index (χ3v) is 11.3. The van der Waals surface area contributed by atoms with Crippen LogP contribution in [-0.4, -0.2) is 23.5 Å². The van der Waals surface area contributed by atoms with Crippen LogP contribution in [0.1, 0.15) is 279 Å². The van der Waals surface area contributed by atoms with Gasteiger partial charge >= 0.3 is 0 Å². The lowest BCUT2D eigenvalue weighted by Crippen LogP contribution is -2.45. The summed E-state index contributed by atoms with van der Waals surface area (Å²) in [5.41, 5.74) is 0.369. The lowest BCUT2D eigenvalue weighted by atomic mass is 9.92. The normalized spacial score (nSPS) is 12.1. The number of hydrogen-bond acceptors (Lipinski definition) is 1. The lowest BCUT2D eigenvalue weighted by Gasteiger charge is -2.39. The first-order valence-electron chi connectivity index (χ1n) is 22.8. The second-order valence-electron chi connectivity index (χ2n) is 16.6. The van der Waals surface area contributed by atoms with Crippen molar-refractivity contribution in [2.45, 2.75) is 284 Å². The van der Waals surface area contributed by atoms with Crippen molar-refractivity contribution in [3.05, 3.63) is 0 Å². The molecule has 1 heteroatoms. The van der Waals surface area contributed by atoms with E-state index in [-0.39, 0.29) is 0 Å². The van der Waals surface area contributed by atoms with Crippen molar-refractivity contribution in [1.82, 2.24) is 4.90 Å². The average molecular weight is 662 g/mol. The van der Waals surface area contributed by atoms with E-state index in [0.717, 1.165) is 0 Å². The molecular weight excluding hydrogens is 567 g/mol.